The van der Waals surface area contributed by atoms with Gasteiger partial charge in [-0.25, -0.2) is 9.59 Å². The molecule has 1 unspecified atom stereocenters. The first-order valence-electron chi connectivity index (χ1n) is 13.1. The lowest BCUT2D eigenvalue weighted by molar-refractivity contribution is -0.139. The summed E-state index contributed by atoms with van der Waals surface area (Å²) in [7, 11) is 0. The number of hydrogen-bond donors (Lipinski definition) is 2. The minimum Gasteiger partial charge on any atom is -0.480 e. The summed E-state index contributed by atoms with van der Waals surface area (Å²) in [6.07, 6.45) is 1.32. The zero-order valence-corrected chi connectivity index (χ0v) is 22.3. The molecule has 7 heteroatoms. The minimum atomic E-state index is -1.15. The summed E-state index contributed by atoms with van der Waals surface area (Å²) in [6.45, 7) is 0.724. The standard InChI is InChI=1S/C33H27ClN2O4/c34-23-15-13-21(14-16-23)18-36-19-22(24-7-5-6-12-31(24)36)17-30(32(37)38)35-33(39)40-20-29-27-10-3-1-8-25(27)26-9-2-4-11-28(26)29/h1-16,19,29-30H,17-18,20H2,(H,35,39)(H,37,38). The van der Waals surface area contributed by atoms with Gasteiger partial charge in [-0.3, -0.25) is 0 Å². The number of aliphatic carboxylic acids is 1. The topological polar surface area (TPSA) is 80.6 Å². The maximum Gasteiger partial charge on any atom is 0.407 e. The SMILES string of the molecule is O=C(NC(Cc1cn(Cc2ccc(Cl)cc2)c2ccccc12)C(=O)O)OCC1c2ccccc2-c2ccccc21. The number of nitrogens with zero attached hydrogens (tertiary/aromatic N) is 1. The number of carboxylic acid groups (broad SMARTS) is 1. The number of aromatic nitrogens is 1. The number of carboxylic acids is 1. The molecule has 0 saturated carbocycles. The van der Waals surface area contributed by atoms with Gasteiger partial charge >= 0.3 is 12.1 Å². The van der Waals surface area contributed by atoms with Crippen LogP contribution in [-0.2, 0) is 22.5 Å². The third-order valence-corrected chi connectivity index (χ3v) is 7.75. The van der Waals surface area contributed by atoms with Crippen LogP contribution in [-0.4, -0.2) is 34.4 Å². The van der Waals surface area contributed by atoms with Crippen molar-refractivity contribution in [2.45, 2.75) is 24.9 Å². The van der Waals surface area contributed by atoms with E-state index in [1.54, 1.807) is 0 Å². The smallest absolute Gasteiger partial charge is 0.407 e. The van der Waals surface area contributed by atoms with Gasteiger partial charge in [-0.2, -0.15) is 0 Å². The monoisotopic (exact) mass is 550 g/mol. The van der Waals surface area contributed by atoms with Crippen LogP contribution in [0.2, 0.25) is 5.02 Å². The van der Waals surface area contributed by atoms with Crippen molar-refractivity contribution < 1.29 is 19.4 Å². The molecule has 4 aromatic carbocycles. The van der Waals surface area contributed by atoms with Crippen molar-refractivity contribution in [1.82, 2.24) is 9.88 Å². The molecule has 1 aliphatic carbocycles. The minimum absolute atomic E-state index is 0.104. The average molecular weight is 551 g/mol. The fraction of sp³-hybridized carbons (Fsp3) is 0.152. The number of benzene rings is 4. The molecule has 6 rings (SSSR count). The van der Waals surface area contributed by atoms with Gasteiger partial charge in [0.2, 0.25) is 0 Å². The number of para-hydroxylation sites is 1. The normalized spacial score (nSPS) is 13.0. The van der Waals surface area contributed by atoms with Crippen molar-refractivity contribution in [3.8, 4) is 11.1 Å². The number of rotatable bonds is 8. The largest absolute Gasteiger partial charge is 0.480 e. The van der Waals surface area contributed by atoms with E-state index < -0.39 is 18.1 Å². The number of nitrogens with one attached hydrogen (secondary N) is 1. The highest BCUT2D eigenvalue weighted by molar-refractivity contribution is 6.30. The van der Waals surface area contributed by atoms with Crippen molar-refractivity contribution in [2.24, 2.45) is 0 Å². The van der Waals surface area contributed by atoms with Gasteiger partial charge in [-0.1, -0.05) is 90.5 Å². The Hall–Kier alpha value is -4.55. The van der Waals surface area contributed by atoms with E-state index in [1.165, 1.54) is 0 Å². The van der Waals surface area contributed by atoms with E-state index in [0.29, 0.717) is 11.6 Å². The molecule has 1 atom stereocenters. The van der Waals surface area contributed by atoms with Crippen LogP contribution in [0.3, 0.4) is 0 Å². The first kappa shape index (κ1) is 25.7. The van der Waals surface area contributed by atoms with E-state index in [1.807, 2.05) is 91.1 Å². The molecule has 0 radical (unpaired) electrons. The molecule has 1 heterocycles. The molecule has 0 saturated heterocycles. The van der Waals surface area contributed by atoms with E-state index in [-0.39, 0.29) is 18.9 Å². The van der Waals surface area contributed by atoms with Crippen LogP contribution >= 0.6 is 11.6 Å². The molecular weight excluding hydrogens is 524 g/mol. The van der Waals surface area contributed by atoms with Crippen LogP contribution in [0.15, 0.2) is 103 Å². The van der Waals surface area contributed by atoms with Gasteiger partial charge in [-0.15, -0.1) is 0 Å². The van der Waals surface area contributed by atoms with Crippen LogP contribution < -0.4 is 5.32 Å². The highest BCUT2D eigenvalue weighted by atomic mass is 35.5. The first-order valence-corrected chi connectivity index (χ1v) is 13.5. The molecule has 1 amide bonds. The number of fused-ring (bicyclic) bond motifs is 4. The third-order valence-electron chi connectivity index (χ3n) is 7.50. The molecule has 5 aromatic rings. The van der Waals surface area contributed by atoms with Crippen molar-refractivity contribution in [2.75, 3.05) is 6.61 Å². The van der Waals surface area contributed by atoms with Gasteiger partial charge in [0.05, 0.1) is 0 Å². The highest BCUT2D eigenvalue weighted by Gasteiger charge is 2.30. The Morgan fingerprint density at radius 1 is 0.875 bits per heavy atom. The fourth-order valence-corrected chi connectivity index (χ4v) is 5.73. The van der Waals surface area contributed by atoms with Crippen LogP contribution in [0.4, 0.5) is 4.79 Å². The highest BCUT2D eigenvalue weighted by Crippen LogP contribution is 2.44. The number of hydrogen-bond acceptors (Lipinski definition) is 3. The molecular formula is C33H27ClN2O4. The summed E-state index contributed by atoms with van der Waals surface area (Å²) in [5, 5.41) is 14.2. The van der Waals surface area contributed by atoms with E-state index in [0.717, 1.165) is 44.3 Å². The van der Waals surface area contributed by atoms with Gasteiger partial charge in [0, 0.05) is 41.0 Å². The quantitative estimate of drug-likeness (QED) is 0.221. The second-order valence-corrected chi connectivity index (χ2v) is 10.4. The molecule has 0 aliphatic heterocycles. The molecule has 200 valence electrons. The number of carbonyl (C=O) groups is 2. The Morgan fingerprint density at radius 3 is 2.17 bits per heavy atom. The first-order chi connectivity index (χ1) is 19.5. The predicted molar refractivity (Wildman–Crippen MR) is 156 cm³/mol. The maximum absolute atomic E-state index is 12.9. The summed E-state index contributed by atoms with van der Waals surface area (Å²) < 4.78 is 7.69. The van der Waals surface area contributed by atoms with Crippen LogP contribution in [0, 0.1) is 0 Å². The van der Waals surface area contributed by atoms with Gasteiger partial charge in [0.1, 0.15) is 12.6 Å². The summed E-state index contributed by atoms with van der Waals surface area (Å²) in [5.74, 6) is -1.23. The lowest BCUT2D eigenvalue weighted by Gasteiger charge is -2.17. The van der Waals surface area contributed by atoms with E-state index in [4.69, 9.17) is 16.3 Å². The van der Waals surface area contributed by atoms with Gasteiger partial charge in [0.15, 0.2) is 0 Å². The Bertz CT molecular complexity index is 1660. The number of carbonyl (C=O) groups excluding carboxylic acids is 1. The van der Waals surface area contributed by atoms with Crippen molar-refractivity contribution in [3.63, 3.8) is 0 Å². The van der Waals surface area contributed by atoms with Gasteiger partial charge in [-0.05, 0) is 51.6 Å². The maximum atomic E-state index is 12.9. The summed E-state index contributed by atoms with van der Waals surface area (Å²) in [6, 6.07) is 30.5. The van der Waals surface area contributed by atoms with Crippen molar-refractivity contribution >= 4 is 34.6 Å². The number of alkyl carbamates (subject to hydrolysis) is 1. The molecule has 6 nitrogen and oxygen atoms in total. The fourth-order valence-electron chi connectivity index (χ4n) is 5.61. The Morgan fingerprint density at radius 2 is 1.50 bits per heavy atom. The Balaban J connectivity index is 1.17. The molecule has 1 aromatic heterocycles. The third kappa shape index (κ3) is 5.06. The molecule has 40 heavy (non-hydrogen) atoms. The molecule has 0 fully saturated rings. The van der Waals surface area contributed by atoms with Crippen molar-refractivity contribution in [3.05, 3.63) is 131 Å². The van der Waals surface area contributed by atoms with E-state index in [2.05, 4.69) is 22.0 Å². The summed E-state index contributed by atoms with van der Waals surface area (Å²) >= 11 is 6.04. The molecule has 2 N–H and O–H groups in total. The lowest BCUT2D eigenvalue weighted by atomic mass is 9.98. The molecule has 1 aliphatic rings. The lowest BCUT2D eigenvalue weighted by Crippen LogP contribution is -2.42. The molecule has 0 spiro atoms. The van der Waals surface area contributed by atoms with Gasteiger partial charge in [0.25, 0.3) is 0 Å². The zero-order valence-electron chi connectivity index (χ0n) is 21.6. The average Bonchev–Trinajstić information content (AvgIpc) is 3.48. The van der Waals surface area contributed by atoms with E-state index >= 15 is 0 Å². The predicted octanol–water partition coefficient (Wildman–Crippen LogP) is 6.88. The molecule has 0 bridgehead atoms. The van der Waals surface area contributed by atoms with Crippen LogP contribution in [0.5, 0.6) is 0 Å². The number of ether oxygens (including phenoxy) is 1. The second-order valence-electron chi connectivity index (χ2n) is 9.99. The summed E-state index contributed by atoms with van der Waals surface area (Å²) in [5.41, 5.74) is 7.34. The van der Waals surface area contributed by atoms with Crippen LogP contribution in [0.1, 0.15) is 28.2 Å². The second kappa shape index (κ2) is 10.9. The van der Waals surface area contributed by atoms with Crippen molar-refractivity contribution in [1.29, 1.82) is 0 Å². The summed E-state index contributed by atoms with van der Waals surface area (Å²) in [4.78, 5) is 25.1. The Kier molecular flexibility index (Phi) is 7.01. The number of amides is 1. The van der Waals surface area contributed by atoms with Gasteiger partial charge < -0.3 is 19.7 Å². The van der Waals surface area contributed by atoms with E-state index in [9.17, 15) is 14.7 Å². The number of halogens is 1. The zero-order chi connectivity index (χ0) is 27.6. The Labute approximate surface area is 236 Å². The van der Waals surface area contributed by atoms with Crippen LogP contribution in [0.25, 0.3) is 22.0 Å².